The summed E-state index contributed by atoms with van der Waals surface area (Å²) in [6.07, 6.45) is 3.88. The molecule has 2 aromatic rings. The lowest BCUT2D eigenvalue weighted by molar-refractivity contribution is 0.325. The van der Waals surface area contributed by atoms with E-state index in [0.717, 1.165) is 18.5 Å². The minimum absolute atomic E-state index is 0.0226. The van der Waals surface area contributed by atoms with Crippen LogP contribution in [0.1, 0.15) is 31.1 Å². The normalized spacial score (nSPS) is 11.2. The molecule has 2 N–H and O–H groups in total. The first-order valence-electron chi connectivity index (χ1n) is 6.35. The molecule has 0 unspecified atom stereocenters. The van der Waals surface area contributed by atoms with E-state index in [1.54, 1.807) is 0 Å². The summed E-state index contributed by atoms with van der Waals surface area (Å²) in [5.41, 5.74) is 1.21. The lowest BCUT2D eigenvalue weighted by atomic mass is 10.1. The smallest absolute Gasteiger partial charge is 0.289 e. The van der Waals surface area contributed by atoms with Crippen LogP contribution in [0, 0.1) is 0 Å². The van der Waals surface area contributed by atoms with Crippen LogP contribution >= 0.6 is 0 Å². The highest BCUT2D eigenvalue weighted by Gasteiger charge is 2.17. The number of nitrogens with zero attached hydrogens (tertiary/aromatic N) is 1. The zero-order valence-corrected chi connectivity index (χ0v) is 10.8. The van der Waals surface area contributed by atoms with Crippen molar-refractivity contribution in [1.82, 2.24) is 0 Å². The first kappa shape index (κ1) is 13.2. The molecule has 0 amide bonds. The van der Waals surface area contributed by atoms with E-state index in [-0.39, 0.29) is 17.5 Å². The SMILES string of the molecule is CCCCc1c(O)oc(C=Nc2ccccc2)c1O. The van der Waals surface area contributed by atoms with Crippen molar-refractivity contribution < 1.29 is 14.6 Å². The summed E-state index contributed by atoms with van der Waals surface area (Å²) >= 11 is 0. The molecule has 100 valence electrons. The molecule has 0 atom stereocenters. The second-order valence-electron chi connectivity index (χ2n) is 4.30. The monoisotopic (exact) mass is 259 g/mol. The van der Waals surface area contributed by atoms with Gasteiger partial charge in [0.1, 0.15) is 0 Å². The van der Waals surface area contributed by atoms with Crippen molar-refractivity contribution in [1.29, 1.82) is 0 Å². The van der Waals surface area contributed by atoms with Crippen LogP contribution in [-0.2, 0) is 6.42 Å². The van der Waals surface area contributed by atoms with E-state index in [4.69, 9.17) is 4.42 Å². The Balaban J connectivity index is 2.19. The minimum Gasteiger partial charge on any atom is -0.504 e. The Labute approximate surface area is 112 Å². The van der Waals surface area contributed by atoms with Crippen molar-refractivity contribution >= 4 is 11.9 Å². The van der Waals surface area contributed by atoms with Crippen LogP contribution < -0.4 is 0 Å². The number of benzene rings is 1. The maximum absolute atomic E-state index is 9.97. The fraction of sp³-hybridized carbons (Fsp3) is 0.267. The maximum atomic E-state index is 9.97. The predicted molar refractivity (Wildman–Crippen MR) is 74.3 cm³/mol. The van der Waals surface area contributed by atoms with Gasteiger partial charge in [-0.2, -0.15) is 0 Å². The van der Waals surface area contributed by atoms with Gasteiger partial charge in [0, 0.05) is 0 Å². The largest absolute Gasteiger partial charge is 0.504 e. The summed E-state index contributed by atoms with van der Waals surface area (Å²) in [6, 6.07) is 9.33. The number of hydrogen-bond donors (Lipinski definition) is 2. The average Bonchev–Trinajstić information content (AvgIpc) is 2.70. The molecule has 0 saturated carbocycles. The van der Waals surface area contributed by atoms with Crippen molar-refractivity contribution in [2.75, 3.05) is 0 Å². The quantitative estimate of drug-likeness (QED) is 0.803. The van der Waals surface area contributed by atoms with Gasteiger partial charge in [0.15, 0.2) is 11.5 Å². The predicted octanol–water partition coefficient (Wildman–Crippen LogP) is 3.78. The van der Waals surface area contributed by atoms with E-state index in [0.29, 0.717) is 12.0 Å². The molecule has 0 aliphatic heterocycles. The summed E-state index contributed by atoms with van der Waals surface area (Å²) in [5, 5.41) is 19.6. The molecule has 2 rings (SSSR count). The fourth-order valence-corrected chi connectivity index (χ4v) is 1.78. The van der Waals surface area contributed by atoms with Gasteiger partial charge in [-0.15, -0.1) is 0 Å². The third-order valence-electron chi connectivity index (χ3n) is 2.85. The Morgan fingerprint density at radius 3 is 2.63 bits per heavy atom. The molecule has 1 aromatic heterocycles. The summed E-state index contributed by atoms with van der Waals surface area (Å²) < 4.78 is 5.12. The summed E-state index contributed by atoms with van der Waals surface area (Å²) in [5.74, 6) is -0.0569. The fourth-order valence-electron chi connectivity index (χ4n) is 1.78. The van der Waals surface area contributed by atoms with Gasteiger partial charge >= 0.3 is 0 Å². The van der Waals surface area contributed by atoms with Gasteiger partial charge in [0.25, 0.3) is 5.95 Å². The van der Waals surface area contributed by atoms with Crippen LogP contribution in [-0.4, -0.2) is 16.4 Å². The maximum Gasteiger partial charge on any atom is 0.289 e. The number of aromatic hydroxyl groups is 2. The molecule has 0 radical (unpaired) electrons. The van der Waals surface area contributed by atoms with Crippen LogP contribution in [0.2, 0.25) is 0 Å². The van der Waals surface area contributed by atoms with Gasteiger partial charge in [-0.1, -0.05) is 31.5 Å². The van der Waals surface area contributed by atoms with Crippen LogP contribution in [0.15, 0.2) is 39.7 Å². The van der Waals surface area contributed by atoms with E-state index < -0.39 is 0 Å². The zero-order chi connectivity index (χ0) is 13.7. The Hall–Kier alpha value is -2.23. The van der Waals surface area contributed by atoms with E-state index in [1.165, 1.54) is 6.21 Å². The number of furan rings is 1. The zero-order valence-electron chi connectivity index (χ0n) is 10.8. The van der Waals surface area contributed by atoms with Gasteiger partial charge in [-0.05, 0) is 25.0 Å². The Bertz CT molecular complexity index is 558. The Morgan fingerprint density at radius 1 is 1.21 bits per heavy atom. The summed E-state index contributed by atoms with van der Waals surface area (Å²) in [4.78, 5) is 4.18. The van der Waals surface area contributed by atoms with Crippen molar-refractivity contribution in [3.05, 3.63) is 41.7 Å². The van der Waals surface area contributed by atoms with Gasteiger partial charge < -0.3 is 14.6 Å². The third-order valence-corrected chi connectivity index (χ3v) is 2.85. The topological polar surface area (TPSA) is 66.0 Å². The van der Waals surface area contributed by atoms with Gasteiger partial charge in [0.2, 0.25) is 0 Å². The molecule has 4 nitrogen and oxygen atoms in total. The molecule has 1 heterocycles. The number of para-hydroxylation sites is 1. The van der Waals surface area contributed by atoms with E-state index in [2.05, 4.69) is 4.99 Å². The number of aliphatic imine (C=N–C) groups is 1. The van der Waals surface area contributed by atoms with Crippen molar-refractivity contribution in [2.45, 2.75) is 26.2 Å². The van der Waals surface area contributed by atoms with E-state index >= 15 is 0 Å². The van der Waals surface area contributed by atoms with Gasteiger partial charge in [0.05, 0.1) is 17.5 Å². The second-order valence-corrected chi connectivity index (χ2v) is 4.30. The van der Waals surface area contributed by atoms with Gasteiger partial charge in [-0.3, -0.25) is 4.99 Å². The summed E-state index contributed by atoms with van der Waals surface area (Å²) in [6.45, 7) is 2.05. The minimum atomic E-state index is -0.222. The third kappa shape index (κ3) is 3.16. The second kappa shape index (κ2) is 6.09. The first-order valence-corrected chi connectivity index (χ1v) is 6.35. The highest BCUT2D eigenvalue weighted by molar-refractivity contribution is 5.83. The highest BCUT2D eigenvalue weighted by Crippen LogP contribution is 2.34. The van der Waals surface area contributed by atoms with Gasteiger partial charge in [-0.25, -0.2) is 0 Å². The van der Waals surface area contributed by atoms with E-state index in [1.807, 2.05) is 37.3 Å². The lowest BCUT2D eigenvalue weighted by Gasteiger charge is -1.96. The number of hydrogen-bond acceptors (Lipinski definition) is 4. The number of unbranched alkanes of at least 4 members (excludes halogenated alkanes) is 1. The molecule has 4 heteroatoms. The standard InChI is InChI=1S/C15H17NO3/c1-2-3-9-12-14(17)13(19-15(12)18)10-16-11-7-5-4-6-8-11/h4-8,10,17-18H,2-3,9H2,1H3. The Kier molecular flexibility index (Phi) is 4.23. The van der Waals surface area contributed by atoms with Crippen LogP contribution in [0.25, 0.3) is 0 Å². The molecule has 0 bridgehead atoms. The molecule has 19 heavy (non-hydrogen) atoms. The van der Waals surface area contributed by atoms with Crippen LogP contribution in [0.5, 0.6) is 11.7 Å². The summed E-state index contributed by atoms with van der Waals surface area (Å²) in [7, 11) is 0. The molecular formula is C15H17NO3. The van der Waals surface area contributed by atoms with Crippen LogP contribution in [0.3, 0.4) is 0 Å². The van der Waals surface area contributed by atoms with Crippen molar-refractivity contribution in [3.8, 4) is 11.7 Å². The molecular weight excluding hydrogens is 242 g/mol. The molecule has 0 aliphatic carbocycles. The molecule has 1 aromatic carbocycles. The van der Waals surface area contributed by atoms with Crippen molar-refractivity contribution in [3.63, 3.8) is 0 Å². The van der Waals surface area contributed by atoms with Crippen LogP contribution in [0.4, 0.5) is 5.69 Å². The molecule has 0 fully saturated rings. The molecule has 0 aliphatic rings. The first-order chi connectivity index (χ1) is 9.22. The average molecular weight is 259 g/mol. The highest BCUT2D eigenvalue weighted by atomic mass is 16.5. The van der Waals surface area contributed by atoms with Crippen molar-refractivity contribution in [2.24, 2.45) is 4.99 Å². The van der Waals surface area contributed by atoms with E-state index in [9.17, 15) is 10.2 Å². The molecule has 0 saturated heterocycles. The lowest BCUT2D eigenvalue weighted by Crippen LogP contribution is -1.83. The number of rotatable bonds is 5. The molecule has 0 spiro atoms. The Morgan fingerprint density at radius 2 is 1.95 bits per heavy atom.